The maximum absolute atomic E-state index is 12.0. The molecule has 14 heteroatoms. The maximum Gasteiger partial charge on any atom is 0.252 e. The SMILES string of the molecule is C=CC(=O)Cl.C=CC(=O)N1CCCCCC1=O.C[Si](C)(C)CCCN.C[Si](C)(C)CCCNCCC(=O)N1CCCCCC1=O.O=C1CCCCCN1. The summed E-state index contributed by atoms with van der Waals surface area (Å²) in [6.45, 7) is 25.3. The summed E-state index contributed by atoms with van der Waals surface area (Å²) in [6, 6.07) is 2.70. The highest BCUT2D eigenvalue weighted by molar-refractivity contribution is 6.76. The fraction of sp³-hybridized carbons (Fsp3) is 0.744. The van der Waals surface area contributed by atoms with Gasteiger partial charge in [-0.2, -0.15) is 0 Å². The average molecular weight is 801 g/mol. The Hall–Kier alpha value is -2.46. The van der Waals surface area contributed by atoms with Crippen molar-refractivity contribution in [2.75, 3.05) is 39.3 Å². The van der Waals surface area contributed by atoms with Gasteiger partial charge < -0.3 is 16.4 Å². The van der Waals surface area contributed by atoms with Gasteiger partial charge in [-0.3, -0.25) is 38.6 Å². The van der Waals surface area contributed by atoms with Crippen molar-refractivity contribution < 1.29 is 28.8 Å². The van der Waals surface area contributed by atoms with Crippen molar-refractivity contribution in [1.82, 2.24) is 20.4 Å². The van der Waals surface area contributed by atoms with Crippen molar-refractivity contribution in [3.8, 4) is 0 Å². The molecule has 3 heterocycles. The van der Waals surface area contributed by atoms with Crippen LogP contribution in [0.4, 0.5) is 0 Å². The molecule has 11 nitrogen and oxygen atoms in total. The van der Waals surface area contributed by atoms with Crippen LogP contribution in [0.2, 0.25) is 51.4 Å². The number of nitrogens with one attached hydrogen (secondary N) is 2. The van der Waals surface area contributed by atoms with E-state index < -0.39 is 21.4 Å². The Kier molecular flexibility index (Phi) is 31.6. The number of hydrogen-bond acceptors (Lipinski definition) is 8. The summed E-state index contributed by atoms with van der Waals surface area (Å²) in [6.07, 6.45) is 16.1. The fourth-order valence-electron chi connectivity index (χ4n) is 5.31. The monoisotopic (exact) mass is 799 g/mol. The fourth-order valence-corrected chi connectivity index (χ4v) is 7.81. The van der Waals surface area contributed by atoms with Crippen molar-refractivity contribution in [3.63, 3.8) is 0 Å². The van der Waals surface area contributed by atoms with Gasteiger partial charge in [-0.05, 0) is 88.2 Å². The van der Waals surface area contributed by atoms with E-state index in [0.29, 0.717) is 38.9 Å². The lowest BCUT2D eigenvalue weighted by Gasteiger charge is -2.19. The van der Waals surface area contributed by atoms with E-state index in [9.17, 15) is 28.8 Å². The summed E-state index contributed by atoms with van der Waals surface area (Å²) in [4.78, 5) is 69.0. The molecule has 3 rings (SSSR count). The van der Waals surface area contributed by atoms with Gasteiger partial charge in [0.05, 0.1) is 0 Å². The Morgan fingerprint density at radius 1 is 0.736 bits per heavy atom. The largest absolute Gasteiger partial charge is 0.356 e. The zero-order chi connectivity index (χ0) is 40.7. The quantitative estimate of drug-likeness (QED) is 0.0823. The zero-order valence-corrected chi connectivity index (χ0v) is 36.9. The first-order valence-electron chi connectivity index (χ1n) is 19.7. The van der Waals surface area contributed by atoms with Crippen LogP contribution in [0, 0.1) is 0 Å². The molecule has 0 aromatic rings. The molecule has 0 bridgehead atoms. The van der Waals surface area contributed by atoms with Gasteiger partial charge >= 0.3 is 0 Å². The van der Waals surface area contributed by atoms with Crippen LogP contribution < -0.4 is 16.4 Å². The average Bonchev–Trinajstić information content (AvgIpc) is 3.57. The Labute approximate surface area is 328 Å². The third-order valence-electron chi connectivity index (χ3n) is 8.38. The summed E-state index contributed by atoms with van der Waals surface area (Å²) in [7, 11) is -1.70. The molecule has 0 saturated carbocycles. The van der Waals surface area contributed by atoms with Gasteiger partial charge in [0.1, 0.15) is 0 Å². The number of halogens is 1. The van der Waals surface area contributed by atoms with Gasteiger partial charge in [-0.1, -0.05) is 83.8 Å². The highest BCUT2D eigenvalue weighted by Gasteiger charge is 2.23. The molecule has 3 saturated heterocycles. The Balaban J connectivity index is 0. The second kappa shape index (κ2) is 31.9. The summed E-state index contributed by atoms with van der Waals surface area (Å²) in [5.41, 5.74) is 5.36. The molecule has 3 aliphatic heterocycles. The summed E-state index contributed by atoms with van der Waals surface area (Å²) < 4.78 is 0. The van der Waals surface area contributed by atoms with Gasteiger partial charge in [-0.15, -0.1) is 0 Å². The number of likely N-dealkylation sites (tertiary alicyclic amines) is 2. The predicted octanol–water partition coefficient (Wildman–Crippen LogP) is 7.01. The van der Waals surface area contributed by atoms with Crippen molar-refractivity contribution in [3.05, 3.63) is 25.3 Å². The van der Waals surface area contributed by atoms with Gasteiger partial charge in [0, 0.05) is 68.0 Å². The standard InChI is InChI=1S/C15H30N2O2Si.C9H13NO2.C6H11NO.C6H17NSi.C3H3ClO/c1-20(2,3)13-7-10-16-11-9-15(19)17-12-6-4-5-8-14(17)18;1-2-8(11)10-7-5-3-4-6-9(10)12;8-6-4-2-1-3-5-7-6;1-8(2,3)6-4-5-7;1-2-3(4)5/h16H,4-13H2,1-3H3;2H,1,3-7H2;1-5H2,(H,7,8);4-7H2,1-3H3;2H,1H2. The molecule has 4 N–H and O–H groups in total. The molecular weight excluding hydrogens is 726 g/mol. The Morgan fingerprint density at radius 3 is 1.72 bits per heavy atom. The highest BCUT2D eigenvalue weighted by Crippen LogP contribution is 2.13. The van der Waals surface area contributed by atoms with E-state index in [0.717, 1.165) is 83.5 Å². The number of amides is 5. The second-order valence-corrected chi connectivity index (χ2v) is 27.5. The molecule has 0 atom stereocenters. The number of carbonyl (C=O) groups excluding carboxylic acids is 6. The van der Waals surface area contributed by atoms with Crippen LogP contribution in [-0.4, -0.2) is 100.0 Å². The number of rotatable bonds is 12. The summed E-state index contributed by atoms with van der Waals surface area (Å²) in [5, 5.41) is 5.62. The molecule has 0 aromatic heterocycles. The van der Waals surface area contributed by atoms with Gasteiger partial charge in [0.25, 0.3) is 5.91 Å². The third-order valence-corrected chi connectivity index (χ3v) is 12.2. The van der Waals surface area contributed by atoms with Crippen molar-refractivity contribution in [2.24, 2.45) is 5.73 Å². The van der Waals surface area contributed by atoms with E-state index in [4.69, 9.17) is 17.3 Å². The van der Waals surface area contributed by atoms with E-state index in [1.54, 1.807) is 0 Å². The normalized spacial score (nSPS) is 16.4. The van der Waals surface area contributed by atoms with E-state index in [-0.39, 0.29) is 29.5 Å². The Morgan fingerprint density at radius 2 is 1.23 bits per heavy atom. The van der Waals surface area contributed by atoms with E-state index >= 15 is 0 Å². The molecule has 306 valence electrons. The lowest BCUT2D eigenvalue weighted by molar-refractivity contribution is -0.145. The van der Waals surface area contributed by atoms with Crippen molar-refractivity contribution >= 4 is 62.5 Å². The third kappa shape index (κ3) is 33.8. The zero-order valence-electron chi connectivity index (χ0n) is 34.1. The maximum atomic E-state index is 12.0. The first kappa shape index (κ1) is 52.6. The topological polar surface area (TPSA) is 159 Å². The number of carbonyl (C=O) groups is 6. The Bertz CT molecular complexity index is 1100. The molecule has 53 heavy (non-hydrogen) atoms. The van der Waals surface area contributed by atoms with Crippen LogP contribution in [-0.2, 0) is 28.8 Å². The summed E-state index contributed by atoms with van der Waals surface area (Å²) in [5.74, 6) is -0.0809. The molecule has 0 spiro atoms. The van der Waals surface area contributed by atoms with Crippen molar-refractivity contribution in [1.29, 1.82) is 0 Å². The smallest absolute Gasteiger partial charge is 0.252 e. The number of allylic oxidation sites excluding steroid dienone is 1. The van der Waals surface area contributed by atoms with Crippen molar-refractivity contribution in [2.45, 2.75) is 148 Å². The van der Waals surface area contributed by atoms with Gasteiger partial charge in [0.2, 0.25) is 28.9 Å². The predicted molar refractivity (Wildman–Crippen MR) is 225 cm³/mol. The minimum absolute atomic E-state index is 0.00500. The molecule has 3 aliphatic rings. The van der Waals surface area contributed by atoms with E-state index in [2.05, 4.69) is 63.1 Å². The molecular formula is C39H74ClN5O6Si2. The minimum atomic E-state index is -0.941. The van der Waals surface area contributed by atoms with Crippen LogP contribution in [0.5, 0.6) is 0 Å². The molecule has 0 radical (unpaired) electrons. The first-order chi connectivity index (χ1) is 24.9. The molecule has 0 unspecified atom stereocenters. The minimum Gasteiger partial charge on any atom is -0.356 e. The van der Waals surface area contributed by atoms with E-state index in [1.165, 1.54) is 47.2 Å². The van der Waals surface area contributed by atoms with Crippen LogP contribution >= 0.6 is 11.6 Å². The van der Waals surface area contributed by atoms with Gasteiger partial charge in [0.15, 0.2) is 0 Å². The second-order valence-electron chi connectivity index (χ2n) is 15.9. The number of nitrogens with zero attached hydrogens (tertiary/aromatic N) is 2. The number of imide groups is 2. The number of nitrogens with two attached hydrogens (primary N) is 1. The van der Waals surface area contributed by atoms with Crippen LogP contribution in [0.1, 0.15) is 96.3 Å². The van der Waals surface area contributed by atoms with Crippen LogP contribution in [0.25, 0.3) is 0 Å². The molecule has 0 aliphatic carbocycles. The molecule has 3 fully saturated rings. The molecule has 0 aromatic carbocycles. The first-order valence-corrected chi connectivity index (χ1v) is 27.5. The van der Waals surface area contributed by atoms with Crippen LogP contribution in [0.15, 0.2) is 25.3 Å². The van der Waals surface area contributed by atoms with Crippen LogP contribution in [0.3, 0.4) is 0 Å². The number of hydrogen-bond donors (Lipinski definition) is 3. The lowest BCUT2D eigenvalue weighted by Crippen LogP contribution is -2.38. The summed E-state index contributed by atoms with van der Waals surface area (Å²) >= 11 is 4.71. The highest BCUT2D eigenvalue weighted by atomic mass is 35.5. The van der Waals surface area contributed by atoms with E-state index in [1.807, 2.05) is 0 Å². The lowest BCUT2D eigenvalue weighted by atomic mass is 10.2. The molecule has 5 amide bonds. The van der Waals surface area contributed by atoms with Gasteiger partial charge in [-0.25, -0.2) is 0 Å².